The molecule has 27 heavy (non-hydrogen) atoms. The largest absolute Gasteiger partial charge is 0.492 e. The molecular formula is C20H30ClN3O3. The number of halogens is 1. The molecule has 2 heterocycles. The van der Waals surface area contributed by atoms with E-state index in [0.717, 1.165) is 57.5 Å². The van der Waals surface area contributed by atoms with Crippen molar-refractivity contribution in [2.24, 2.45) is 0 Å². The van der Waals surface area contributed by atoms with Crippen LogP contribution in [0.25, 0.3) is 0 Å². The van der Waals surface area contributed by atoms with Gasteiger partial charge in [0.25, 0.3) is 5.91 Å². The first-order valence-electron chi connectivity index (χ1n) is 9.75. The van der Waals surface area contributed by atoms with E-state index in [1.54, 1.807) is 4.90 Å². The standard InChI is InChI=1S/C20H29N3O3.ClH/c1-2-16-7-5-8-17(15-16)26-14-11-21-10-3-4-12-23-19(24)18-9-6-13-22(18)20(23)25;/h5,7-8,15,18,21H,2-4,6,9-14H2,1H3;1H. The number of imide groups is 1. The number of benzene rings is 1. The van der Waals surface area contributed by atoms with Crippen LogP contribution in [-0.4, -0.2) is 60.6 Å². The van der Waals surface area contributed by atoms with Crippen molar-refractivity contribution in [1.29, 1.82) is 0 Å². The Morgan fingerprint density at radius 1 is 1.22 bits per heavy atom. The molecule has 0 aliphatic carbocycles. The van der Waals surface area contributed by atoms with Crippen LogP contribution in [0.3, 0.4) is 0 Å². The van der Waals surface area contributed by atoms with Crippen molar-refractivity contribution in [3.8, 4) is 5.75 Å². The third-order valence-corrected chi connectivity index (χ3v) is 5.12. The van der Waals surface area contributed by atoms with E-state index in [9.17, 15) is 9.59 Å². The average Bonchev–Trinajstić information content (AvgIpc) is 3.23. The van der Waals surface area contributed by atoms with Crippen LogP contribution in [0.15, 0.2) is 24.3 Å². The molecule has 0 bridgehead atoms. The number of nitrogens with zero attached hydrogens (tertiary/aromatic N) is 2. The van der Waals surface area contributed by atoms with Crippen molar-refractivity contribution in [2.45, 2.75) is 45.1 Å². The number of rotatable bonds is 10. The molecule has 0 radical (unpaired) electrons. The molecule has 6 nitrogen and oxygen atoms in total. The summed E-state index contributed by atoms with van der Waals surface area (Å²) in [6.07, 6.45) is 4.56. The van der Waals surface area contributed by atoms with Gasteiger partial charge in [0.15, 0.2) is 0 Å². The first-order valence-corrected chi connectivity index (χ1v) is 9.75. The van der Waals surface area contributed by atoms with Crippen molar-refractivity contribution in [1.82, 2.24) is 15.1 Å². The van der Waals surface area contributed by atoms with Gasteiger partial charge in [-0.15, -0.1) is 12.4 Å². The normalized spacial score (nSPS) is 18.6. The van der Waals surface area contributed by atoms with Crippen molar-refractivity contribution >= 4 is 24.3 Å². The summed E-state index contributed by atoms with van der Waals surface area (Å²) in [5.41, 5.74) is 1.28. The Morgan fingerprint density at radius 2 is 2.07 bits per heavy atom. The molecule has 3 rings (SSSR count). The maximum Gasteiger partial charge on any atom is 0.327 e. The number of carbonyl (C=O) groups excluding carboxylic acids is 2. The molecular weight excluding hydrogens is 366 g/mol. The van der Waals surface area contributed by atoms with E-state index in [2.05, 4.69) is 24.4 Å². The summed E-state index contributed by atoms with van der Waals surface area (Å²) in [6.45, 7) is 5.68. The number of hydrogen-bond donors (Lipinski definition) is 1. The van der Waals surface area contributed by atoms with E-state index in [1.807, 2.05) is 12.1 Å². The van der Waals surface area contributed by atoms with Crippen LogP contribution in [0.5, 0.6) is 5.75 Å². The third kappa shape index (κ3) is 5.36. The van der Waals surface area contributed by atoms with E-state index in [1.165, 1.54) is 10.5 Å². The Morgan fingerprint density at radius 3 is 2.85 bits per heavy atom. The van der Waals surface area contributed by atoms with E-state index < -0.39 is 0 Å². The molecule has 1 N–H and O–H groups in total. The molecule has 2 saturated heterocycles. The Kier molecular flexibility index (Phi) is 8.38. The Hall–Kier alpha value is -1.79. The van der Waals surface area contributed by atoms with Crippen LogP contribution in [-0.2, 0) is 11.2 Å². The lowest BCUT2D eigenvalue weighted by atomic mass is 10.2. The summed E-state index contributed by atoms with van der Waals surface area (Å²) in [6, 6.07) is 7.92. The summed E-state index contributed by atoms with van der Waals surface area (Å²) in [5, 5.41) is 3.35. The van der Waals surface area contributed by atoms with Gasteiger partial charge < -0.3 is 15.0 Å². The first kappa shape index (κ1) is 21.5. The topological polar surface area (TPSA) is 61.9 Å². The number of carbonyl (C=O) groups is 2. The van der Waals surface area contributed by atoms with Gasteiger partial charge in [-0.1, -0.05) is 19.1 Å². The minimum absolute atomic E-state index is 0. The van der Waals surface area contributed by atoms with E-state index in [-0.39, 0.29) is 30.4 Å². The summed E-state index contributed by atoms with van der Waals surface area (Å²) in [7, 11) is 0. The van der Waals surface area contributed by atoms with E-state index in [4.69, 9.17) is 4.74 Å². The quantitative estimate of drug-likeness (QED) is 0.488. The zero-order valence-electron chi connectivity index (χ0n) is 16.0. The zero-order valence-corrected chi connectivity index (χ0v) is 16.8. The van der Waals surface area contributed by atoms with Crippen molar-refractivity contribution in [3.63, 3.8) is 0 Å². The fourth-order valence-corrected chi connectivity index (χ4v) is 3.63. The number of urea groups is 1. The highest BCUT2D eigenvalue weighted by Crippen LogP contribution is 2.27. The first-order chi connectivity index (χ1) is 12.7. The van der Waals surface area contributed by atoms with Crippen molar-refractivity contribution in [2.75, 3.05) is 32.8 Å². The molecule has 150 valence electrons. The summed E-state index contributed by atoms with van der Waals surface area (Å²) < 4.78 is 5.74. The lowest BCUT2D eigenvalue weighted by molar-refractivity contribution is -0.128. The van der Waals surface area contributed by atoms with E-state index >= 15 is 0 Å². The van der Waals surface area contributed by atoms with Crippen molar-refractivity contribution in [3.05, 3.63) is 29.8 Å². The highest BCUT2D eigenvalue weighted by Gasteiger charge is 2.46. The molecule has 1 aromatic carbocycles. The number of amides is 3. The molecule has 2 aliphatic rings. The molecule has 1 atom stereocenters. The number of ether oxygens (including phenoxy) is 1. The highest BCUT2D eigenvalue weighted by atomic mass is 35.5. The van der Waals surface area contributed by atoms with Crippen LogP contribution in [0.4, 0.5) is 4.79 Å². The molecule has 7 heteroatoms. The number of unbranched alkanes of at least 4 members (excludes halogenated alkanes) is 1. The summed E-state index contributed by atoms with van der Waals surface area (Å²) in [5.74, 6) is 0.918. The number of fused-ring (bicyclic) bond motifs is 1. The van der Waals surface area contributed by atoms with Gasteiger partial charge in [-0.3, -0.25) is 9.69 Å². The van der Waals surface area contributed by atoms with E-state index in [0.29, 0.717) is 13.2 Å². The van der Waals surface area contributed by atoms with Crippen LogP contribution in [0.1, 0.15) is 38.2 Å². The number of nitrogens with one attached hydrogen (secondary N) is 1. The van der Waals surface area contributed by atoms with Gasteiger partial charge in [0.2, 0.25) is 0 Å². The Labute approximate surface area is 167 Å². The molecule has 3 amide bonds. The maximum absolute atomic E-state index is 12.2. The predicted octanol–water partition coefficient (Wildman–Crippen LogP) is 2.85. The van der Waals surface area contributed by atoms with Gasteiger partial charge in [0, 0.05) is 19.6 Å². The number of hydrogen-bond acceptors (Lipinski definition) is 4. The van der Waals surface area contributed by atoms with Crippen molar-refractivity contribution < 1.29 is 14.3 Å². The second-order valence-corrected chi connectivity index (χ2v) is 6.93. The summed E-state index contributed by atoms with van der Waals surface area (Å²) in [4.78, 5) is 27.6. The molecule has 1 aromatic rings. The van der Waals surface area contributed by atoms with Crippen LogP contribution in [0, 0.1) is 0 Å². The third-order valence-electron chi connectivity index (χ3n) is 5.12. The fourth-order valence-electron chi connectivity index (χ4n) is 3.63. The SMILES string of the molecule is CCc1cccc(OCCNCCCCN2C(=O)C3CCCN3C2=O)c1.Cl. The van der Waals surface area contributed by atoms with Gasteiger partial charge in [-0.05, 0) is 56.3 Å². The van der Waals surface area contributed by atoms with Crippen LogP contribution < -0.4 is 10.1 Å². The molecule has 0 saturated carbocycles. The minimum Gasteiger partial charge on any atom is -0.492 e. The zero-order chi connectivity index (χ0) is 18.4. The molecule has 2 aliphatic heterocycles. The van der Waals surface area contributed by atoms with Gasteiger partial charge >= 0.3 is 6.03 Å². The van der Waals surface area contributed by atoms with Gasteiger partial charge in [0.1, 0.15) is 18.4 Å². The van der Waals surface area contributed by atoms with Crippen LogP contribution >= 0.6 is 12.4 Å². The van der Waals surface area contributed by atoms with Crippen LogP contribution in [0.2, 0.25) is 0 Å². The smallest absolute Gasteiger partial charge is 0.327 e. The van der Waals surface area contributed by atoms with Gasteiger partial charge in [-0.2, -0.15) is 0 Å². The maximum atomic E-state index is 12.2. The van der Waals surface area contributed by atoms with Gasteiger partial charge in [-0.25, -0.2) is 4.79 Å². The Bertz CT molecular complexity index is 619. The average molecular weight is 396 g/mol. The predicted molar refractivity (Wildman–Crippen MR) is 108 cm³/mol. The highest BCUT2D eigenvalue weighted by molar-refractivity contribution is 6.04. The lowest BCUT2D eigenvalue weighted by Gasteiger charge is -2.15. The molecule has 0 aromatic heterocycles. The lowest BCUT2D eigenvalue weighted by Crippen LogP contribution is -2.34. The monoisotopic (exact) mass is 395 g/mol. The summed E-state index contributed by atoms with van der Waals surface area (Å²) >= 11 is 0. The second kappa shape index (κ2) is 10.5. The molecule has 0 spiro atoms. The Balaban J connectivity index is 0.00000261. The molecule has 2 fully saturated rings. The molecule has 1 unspecified atom stereocenters. The fraction of sp³-hybridized carbons (Fsp3) is 0.600. The van der Waals surface area contributed by atoms with Gasteiger partial charge in [0.05, 0.1) is 0 Å². The minimum atomic E-state index is -0.177. The second-order valence-electron chi connectivity index (χ2n) is 6.93. The number of aryl methyl sites for hydroxylation is 1.